The van der Waals surface area contributed by atoms with Crippen LogP contribution in [0.15, 0.2) is 54.9 Å². The minimum absolute atomic E-state index is 0.000271. The van der Waals surface area contributed by atoms with E-state index in [0.29, 0.717) is 12.4 Å². The highest BCUT2D eigenvalue weighted by atomic mass is 16.5. The third-order valence-electron chi connectivity index (χ3n) is 3.56. The molecule has 0 unspecified atom stereocenters. The summed E-state index contributed by atoms with van der Waals surface area (Å²) >= 11 is 0. The predicted molar refractivity (Wildman–Crippen MR) is 81.4 cm³/mol. The zero-order valence-corrected chi connectivity index (χ0v) is 12.1. The van der Waals surface area contributed by atoms with Crippen LogP contribution in [-0.4, -0.2) is 30.1 Å². The molecule has 1 fully saturated rings. The van der Waals surface area contributed by atoms with Crippen LogP contribution in [0.4, 0.5) is 0 Å². The molecule has 2 aromatic rings. The molecule has 0 aliphatic carbocycles. The standard InChI is InChI=1S/C17H18N2O3/c20-16(12-22-14-6-2-1-3-7-14)19-15-8-10-21-17(15)13-5-4-9-18-11-13/h1-7,9,11,15,17H,8,10,12H2,(H,19,20)/t15-,17+/m0/s1. The number of rotatable bonds is 5. The van der Waals surface area contributed by atoms with Crippen molar-refractivity contribution in [1.82, 2.24) is 10.3 Å². The van der Waals surface area contributed by atoms with E-state index >= 15 is 0 Å². The van der Waals surface area contributed by atoms with Crippen molar-refractivity contribution in [3.05, 3.63) is 60.4 Å². The maximum absolute atomic E-state index is 12.0. The van der Waals surface area contributed by atoms with Crippen LogP contribution in [0.2, 0.25) is 0 Å². The van der Waals surface area contributed by atoms with E-state index in [-0.39, 0.29) is 24.7 Å². The summed E-state index contributed by atoms with van der Waals surface area (Å²) in [5, 5.41) is 2.98. The maximum atomic E-state index is 12.0. The average molecular weight is 298 g/mol. The zero-order valence-electron chi connectivity index (χ0n) is 12.1. The first-order valence-corrected chi connectivity index (χ1v) is 7.31. The fourth-order valence-corrected chi connectivity index (χ4v) is 2.52. The molecule has 1 aromatic heterocycles. The fourth-order valence-electron chi connectivity index (χ4n) is 2.52. The van der Waals surface area contributed by atoms with Crippen molar-refractivity contribution in [2.45, 2.75) is 18.6 Å². The number of hydrogen-bond donors (Lipinski definition) is 1. The molecule has 2 atom stereocenters. The van der Waals surface area contributed by atoms with Gasteiger partial charge in [-0.15, -0.1) is 0 Å². The lowest BCUT2D eigenvalue weighted by atomic mass is 10.0. The molecule has 114 valence electrons. The van der Waals surface area contributed by atoms with Gasteiger partial charge in [-0.05, 0) is 24.6 Å². The Bertz CT molecular complexity index is 604. The second-order valence-corrected chi connectivity index (χ2v) is 5.14. The Kier molecular flexibility index (Phi) is 4.65. The molecule has 2 heterocycles. The first-order valence-electron chi connectivity index (χ1n) is 7.31. The number of para-hydroxylation sites is 1. The molecule has 1 amide bonds. The molecule has 0 spiro atoms. The van der Waals surface area contributed by atoms with Crippen molar-refractivity contribution >= 4 is 5.91 Å². The first-order chi connectivity index (χ1) is 10.8. The van der Waals surface area contributed by atoms with Crippen LogP contribution in [-0.2, 0) is 9.53 Å². The van der Waals surface area contributed by atoms with E-state index in [0.717, 1.165) is 12.0 Å². The molecule has 22 heavy (non-hydrogen) atoms. The van der Waals surface area contributed by atoms with Gasteiger partial charge >= 0.3 is 0 Å². The molecule has 1 aliphatic rings. The van der Waals surface area contributed by atoms with E-state index in [1.165, 1.54) is 0 Å². The molecular formula is C17H18N2O3. The van der Waals surface area contributed by atoms with E-state index in [4.69, 9.17) is 9.47 Å². The molecule has 5 nitrogen and oxygen atoms in total. The zero-order chi connectivity index (χ0) is 15.2. The Hall–Kier alpha value is -2.40. The van der Waals surface area contributed by atoms with Gasteiger partial charge in [0.05, 0.1) is 6.04 Å². The van der Waals surface area contributed by atoms with E-state index in [1.54, 1.807) is 12.4 Å². The van der Waals surface area contributed by atoms with Crippen LogP contribution in [0, 0.1) is 0 Å². The Morgan fingerprint density at radius 2 is 2.14 bits per heavy atom. The number of nitrogens with zero attached hydrogens (tertiary/aromatic N) is 1. The predicted octanol–water partition coefficient (Wildman–Crippen LogP) is 2.11. The number of carbonyl (C=O) groups is 1. The number of hydrogen-bond acceptors (Lipinski definition) is 4. The van der Waals surface area contributed by atoms with Gasteiger partial charge in [-0.2, -0.15) is 0 Å². The van der Waals surface area contributed by atoms with E-state index < -0.39 is 0 Å². The molecule has 5 heteroatoms. The highest BCUT2D eigenvalue weighted by molar-refractivity contribution is 5.78. The SMILES string of the molecule is O=C(COc1ccccc1)N[C@H]1CCO[C@@H]1c1cccnc1. The minimum atomic E-state index is -0.145. The lowest BCUT2D eigenvalue weighted by Gasteiger charge is -2.20. The number of carbonyl (C=O) groups excluding carboxylic acids is 1. The van der Waals surface area contributed by atoms with Gasteiger partial charge in [0, 0.05) is 24.6 Å². The summed E-state index contributed by atoms with van der Waals surface area (Å²) in [4.78, 5) is 16.1. The summed E-state index contributed by atoms with van der Waals surface area (Å²) in [5.41, 5.74) is 0.981. The third-order valence-corrected chi connectivity index (χ3v) is 3.56. The van der Waals surface area contributed by atoms with Crippen molar-refractivity contribution in [2.75, 3.05) is 13.2 Å². The Morgan fingerprint density at radius 3 is 2.91 bits per heavy atom. The fraction of sp³-hybridized carbons (Fsp3) is 0.294. The molecular weight excluding hydrogens is 280 g/mol. The van der Waals surface area contributed by atoms with Crippen LogP contribution in [0.5, 0.6) is 5.75 Å². The van der Waals surface area contributed by atoms with Crippen molar-refractivity contribution in [3.8, 4) is 5.75 Å². The summed E-state index contributed by atoms with van der Waals surface area (Å²) in [6, 6.07) is 13.1. The smallest absolute Gasteiger partial charge is 0.258 e. The summed E-state index contributed by atoms with van der Waals surface area (Å²) in [7, 11) is 0. The normalized spacial score (nSPS) is 20.5. The molecule has 3 rings (SSSR count). The molecule has 1 N–H and O–H groups in total. The average Bonchev–Trinajstić information content (AvgIpc) is 3.03. The lowest BCUT2D eigenvalue weighted by Crippen LogP contribution is -2.39. The summed E-state index contributed by atoms with van der Waals surface area (Å²) in [6.07, 6.45) is 4.14. The van der Waals surface area contributed by atoms with Gasteiger partial charge in [-0.1, -0.05) is 24.3 Å². The number of nitrogens with one attached hydrogen (secondary N) is 1. The number of aromatic nitrogens is 1. The van der Waals surface area contributed by atoms with Gasteiger partial charge in [-0.25, -0.2) is 0 Å². The number of ether oxygens (including phenoxy) is 2. The number of pyridine rings is 1. The highest BCUT2D eigenvalue weighted by Gasteiger charge is 2.31. The number of benzene rings is 1. The van der Waals surface area contributed by atoms with Crippen LogP contribution in [0.1, 0.15) is 18.1 Å². The maximum Gasteiger partial charge on any atom is 0.258 e. The summed E-state index contributed by atoms with van der Waals surface area (Å²) in [5.74, 6) is 0.539. The molecule has 0 radical (unpaired) electrons. The van der Waals surface area contributed by atoms with Gasteiger partial charge in [0.2, 0.25) is 0 Å². The Labute approximate surface area is 129 Å². The van der Waals surface area contributed by atoms with E-state index in [9.17, 15) is 4.79 Å². The molecule has 1 aromatic carbocycles. The van der Waals surface area contributed by atoms with Crippen LogP contribution >= 0.6 is 0 Å². The van der Waals surface area contributed by atoms with Gasteiger partial charge in [0.25, 0.3) is 5.91 Å². The monoisotopic (exact) mass is 298 g/mol. The summed E-state index contributed by atoms with van der Waals surface area (Å²) < 4.78 is 11.2. The van der Waals surface area contributed by atoms with Crippen LogP contribution in [0.25, 0.3) is 0 Å². The lowest BCUT2D eigenvalue weighted by molar-refractivity contribution is -0.124. The van der Waals surface area contributed by atoms with Crippen LogP contribution < -0.4 is 10.1 Å². The number of amides is 1. The molecule has 0 bridgehead atoms. The first kappa shape index (κ1) is 14.5. The van der Waals surface area contributed by atoms with Gasteiger partial charge < -0.3 is 14.8 Å². The summed E-state index contributed by atoms with van der Waals surface area (Å²) in [6.45, 7) is 0.629. The molecule has 1 aliphatic heterocycles. The Balaban J connectivity index is 1.54. The molecule has 0 saturated carbocycles. The minimum Gasteiger partial charge on any atom is -0.484 e. The topological polar surface area (TPSA) is 60.5 Å². The molecule has 1 saturated heterocycles. The third kappa shape index (κ3) is 3.62. The van der Waals surface area contributed by atoms with Gasteiger partial charge in [0.15, 0.2) is 6.61 Å². The quantitative estimate of drug-likeness (QED) is 0.918. The van der Waals surface area contributed by atoms with E-state index in [1.807, 2.05) is 42.5 Å². The van der Waals surface area contributed by atoms with Crippen LogP contribution in [0.3, 0.4) is 0 Å². The second-order valence-electron chi connectivity index (χ2n) is 5.14. The Morgan fingerprint density at radius 1 is 1.27 bits per heavy atom. The van der Waals surface area contributed by atoms with Crippen molar-refractivity contribution < 1.29 is 14.3 Å². The second kappa shape index (κ2) is 7.04. The largest absolute Gasteiger partial charge is 0.484 e. The highest BCUT2D eigenvalue weighted by Crippen LogP contribution is 2.28. The van der Waals surface area contributed by atoms with Gasteiger partial charge in [0.1, 0.15) is 11.9 Å². The van der Waals surface area contributed by atoms with E-state index in [2.05, 4.69) is 10.3 Å². The van der Waals surface area contributed by atoms with Crippen molar-refractivity contribution in [1.29, 1.82) is 0 Å². The van der Waals surface area contributed by atoms with Crippen molar-refractivity contribution in [2.24, 2.45) is 0 Å². The van der Waals surface area contributed by atoms with Gasteiger partial charge in [-0.3, -0.25) is 9.78 Å². The van der Waals surface area contributed by atoms with Crippen molar-refractivity contribution in [3.63, 3.8) is 0 Å².